The van der Waals surface area contributed by atoms with Crippen molar-refractivity contribution in [2.24, 2.45) is 11.8 Å². The monoisotopic (exact) mass is 425 g/mol. The highest BCUT2D eigenvalue weighted by Gasteiger charge is 2.27. The molecule has 1 heterocycles. The van der Waals surface area contributed by atoms with Crippen LogP contribution in [0.5, 0.6) is 0 Å². The lowest BCUT2D eigenvalue weighted by atomic mass is 9.92. The normalized spacial score (nSPS) is 15.1. The number of nitrogens with zero attached hydrogens (tertiary/aromatic N) is 4. The molecule has 0 aromatic carbocycles. The van der Waals surface area contributed by atoms with E-state index in [1.54, 1.807) is 26.0 Å². The third-order valence-electron chi connectivity index (χ3n) is 5.43. The van der Waals surface area contributed by atoms with Crippen LogP contribution in [0, 0.1) is 24.6 Å². The van der Waals surface area contributed by atoms with Gasteiger partial charge in [-0.25, -0.2) is 19.4 Å². The number of anilines is 1. The van der Waals surface area contributed by atoms with Crippen molar-refractivity contribution in [1.82, 2.24) is 20.3 Å². The number of carbonyl (C=O) groups excluding carboxylic acids is 2. The molecule has 1 aromatic heterocycles. The average Bonchev–Trinajstić information content (AvgIpc) is 3.24. The Morgan fingerprint density at radius 2 is 2.10 bits per heavy atom. The van der Waals surface area contributed by atoms with Gasteiger partial charge in [-0.05, 0) is 19.3 Å². The summed E-state index contributed by atoms with van der Waals surface area (Å²) in [4.78, 5) is 33.5. The maximum absolute atomic E-state index is 14.9. The first-order chi connectivity index (χ1) is 14.3. The molecular formula is C20H32FN5O4. The summed E-state index contributed by atoms with van der Waals surface area (Å²) >= 11 is 0. The molecule has 30 heavy (non-hydrogen) atoms. The van der Waals surface area contributed by atoms with E-state index in [1.165, 1.54) is 0 Å². The number of methoxy groups -OCH3 is 1. The number of hydroxylamine groups is 2. The van der Waals surface area contributed by atoms with Gasteiger partial charge in [0.05, 0.1) is 25.6 Å². The minimum absolute atomic E-state index is 0.0889. The molecule has 0 spiro atoms. The predicted molar refractivity (Wildman–Crippen MR) is 108 cm³/mol. The number of hydrogen-bond acceptors (Lipinski definition) is 7. The average molecular weight is 426 g/mol. The Morgan fingerprint density at radius 1 is 1.40 bits per heavy atom. The van der Waals surface area contributed by atoms with Crippen molar-refractivity contribution in [3.8, 4) is 0 Å². The van der Waals surface area contributed by atoms with Gasteiger partial charge in [-0.15, -0.1) is 0 Å². The van der Waals surface area contributed by atoms with Crippen LogP contribution in [0.25, 0.3) is 0 Å². The summed E-state index contributed by atoms with van der Waals surface area (Å²) in [7, 11) is 3.27. The van der Waals surface area contributed by atoms with E-state index < -0.39 is 11.7 Å². The standard InChI is InChI=1S/C20H32FN5O4/c1-14-23-17(18(21)19(24-14)25(2)8-9-30-3)11-22-20(28)16(12-26(29)13-27)10-15-6-4-5-7-15/h13,15-16,29H,4-12H2,1-3H3,(H,22,28)/t16-/m1/s1. The zero-order valence-corrected chi connectivity index (χ0v) is 17.9. The number of halogens is 1. The summed E-state index contributed by atoms with van der Waals surface area (Å²) < 4.78 is 19.9. The Morgan fingerprint density at radius 3 is 2.73 bits per heavy atom. The molecule has 0 aliphatic heterocycles. The van der Waals surface area contributed by atoms with Crippen LogP contribution in [0.4, 0.5) is 10.2 Å². The maximum Gasteiger partial charge on any atom is 0.233 e. The van der Waals surface area contributed by atoms with Gasteiger partial charge >= 0.3 is 0 Å². The van der Waals surface area contributed by atoms with Gasteiger partial charge in [0.25, 0.3) is 0 Å². The minimum atomic E-state index is -0.594. The Bertz CT molecular complexity index is 715. The summed E-state index contributed by atoms with van der Waals surface area (Å²) in [6.07, 6.45) is 5.18. The zero-order valence-electron chi connectivity index (χ0n) is 17.9. The van der Waals surface area contributed by atoms with Crippen molar-refractivity contribution in [2.75, 3.05) is 38.8 Å². The second-order valence-electron chi connectivity index (χ2n) is 7.80. The molecule has 1 saturated carbocycles. The molecule has 1 aliphatic carbocycles. The number of rotatable bonds is 12. The van der Waals surface area contributed by atoms with E-state index in [4.69, 9.17) is 4.74 Å². The molecule has 0 radical (unpaired) electrons. The SMILES string of the molecule is COCCN(C)c1nc(C)nc(CNC(=O)[C@H](CC2CCCC2)CN(O)C=O)c1F. The summed E-state index contributed by atoms with van der Waals surface area (Å²) in [5, 5.41) is 12.8. The van der Waals surface area contributed by atoms with Crippen molar-refractivity contribution in [1.29, 1.82) is 0 Å². The van der Waals surface area contributed by atoms with Gasteiger partial charge in [0.1, 0.15) is 11.5 Å². The second kappa shape index (κ2) is 11.8. The third kappa shape index (κ3) is 6.88. The number of hydrogen-bond donors (Lipinski definition) is 2. The van der Waals surface area contributed by atoms with Gasteiger partial charge < -0.3 is 15.0 Å². The first kappa shape index (κ1) is 23.9. The summed E-state index contributed by atoms with van der Waals surface area (Å²) in [5.74, 6) is -0.576. The molecular weight excluding hydrogens is 393 g/mol. The van der Waals surface area contributed by atoms with Crippen LogP contribution in [0.15, 0.2) is 0 Å². The first-order valence-corrected chi connectivity index (χ1v) is 10.3. The van der Waals surface area contributed by atoms with E-state index in [2.05, 4.69) is 15.3 Å². The first-order valence-electron chi connectivity index (χ1n) is 10.3. The Kier molecular flexibility index (Phi) is 9.38. The summed E-state index contributed by atoms with van der Waals surface area (Å²) in [6.45, 7) is 2.34. The van der Waals surface area contributed by atoms with Crippen LogP contribution in [0.3, 0.4) is 0 Å². The molecule has 0 saturated heterocycles. The molecule has 0 bridgehead atoms. The maximum atomic E-state index is 14.9. The van der Waals surface area contributed by atoms with Gasteiger partial charge in [-0.3, -0.25) is 14.8 Å². The van der Waals surface area contributed by atoms with E-state index >= 15 is 0 Å². The van der Waals surface area contributed by atoms with E-state index in [1.807, 2.05) is 0 Å². The van der Waals surface area contributed by atoms with Crippen molar-refractivity contribution in [3.63, 3.8) is 0 Å². The Hall–Kier alpha value is -2.33. The second-order valence-corrected chi connectivity index (χ2v) is 7.80. The number of aromatic nitrogens is 2. The lowest BCUT2D eigenvalue weighted by molar-refractivity contribution is -0.155. The lowest BCUT2D eigenvalue weighted by Gasteiger charge is -2.23. The highest BCUT2D eigenvalue weighted by atomic mass is 19.1. The molecule has 1 atom stereocenters. The fraction of sp³-hybridized carbons (Fsp3) is 0.700. The van der Waals surface area contributed by atoms with Crippen LogP contribution >= 0.6 is 0 Å². The van der Waals surface area contributed by atoms with Crippen LogP contribution in [-0.4, -0.2) is 66.4 Å². The van der Waals surface area contributed by atoms with E-state index in [0.717, 1.165) is 25.7 Å². The van der Waals surface area contributed by atoms with Crippen molar-refractivity contribution < 1.29 is 23.9 Å². The number of carbonyl (C=O) groups is 2. The highest BCUT2D eigenvalue weighted by Crippen LogP contribution is 2.30. The third-order valence-corrected chi connectivity index (χ3v) is 5.43. The molecule has 168 valence electrons. The summed E-state index contributed by atoms with van der Waals surface area (Å²) in [5.41, 5.74) is 0.0889. The molecule has 2 rings (SSSR count). The largest absolute Gasteiger partial charge is 0.383 e. The van der Waals surface area contributed by atoms with E-state index in [9.17, 15) is 19.2 Å². The predicted octanol–water partition coefficient (Wildman–Crippen LogP) is 1.67. The van der Waals surface area contributed by atoms with Gasteiger partial charge in [-0.1, -0.05) is 25.7 Å². The number of nitrogens with one attached hydrogen (secondary N) is 1. The minimum Gasteiger partial charge on any atom is -0.383 e. The number of ether oxygens (including phenoxy) is 1. The quantitative estimate of drug-likeness (QED) is 0.298. The fourth-order valence-electron chi connectivity index (χ4n) is 3.80. The number of likely N-dealkylation sites (N-methyl/N-ethyl adjacent to an activating group) is 1. The van der Waals surface area contributed by atoms with Gasteiger partial charge in [0, 0.05) is 20.7 Å². The van der Waals surface area contributed by atoms with Crippen molar-refractivity contribution in [2.45, 2.75) is 45.6 Å². The van der Waals surface area contributed by atoms with Gasteiger partial charge in [0.2, 0.25) is 12.3 Å². The van der Waals surface area contributed by atoms with E-state index in [0.29, 0.717) is 36.4 Å². The molecule has 2 N–H and O–H groups in total. The smallest absolute Gasteiger partial charge is 0.233 e. The molecule has 9 nitrogen and oxygen atoms in total. The van der Waals surface area contributed by atoms with Crippen LogP contribution in [-0.2, 0) is 20.9 Å². The highest BCUT2D eigenvalue weighted by molar-refractivity contribution is 5.79. The van der Waals surface area contributed by atoms with Crippen LogP contribution in [0.1, 0.15) is 43.6 Å². The Labute approximate surface area is 176 Å². The molecule has 0 unspecified atom stereocenters. The van der Waals surface area contributed by atoms with Gasteiger partial charge in [0.15, 0.2) is 11.6 Å². The molecule has 1 aliphatic rings. The number of amides is 2. The molecule has 10 heteroatoms. The molecule has 2 amide bonds. The van der Waals surface area contributed by atoms with E-state index in [-0.39, 0.29) is 36.9 Å². The fourth-order valence-corrected chi connectivity index (χ4v) is 3.80. The lowest BCUT2D eigenvalue weighted by Crippen LogP contribution is -2.38. The van der Waals surface area contributed by atoms with Crippen molar-refractivity contribution >= 4 is 18.1 Å². The van der Waals surface area contributed by atoms with Crippen LogP contribution in [0.2, 0.25) is 0 Å². The molecule has 1 fully saturated rings. The topological polar surface area (TPSA) is 108 Å². The number of aryl methyl sites for hydroxylation is 1. The molecule has 1 aromatic rings. The van der Waals surface area contributed by atoms with Gasteiger partial charge in [-0.2, -0.15) is 0 Å². The van der Waals surface area contributed by atoms with Crippen molar-refractivity contribution in [3.05, 3.63) is 17.3 Å². The van der Waals surface area contributed by atoms with Crippen LogP contribution < -0.4 is 10.2 Å². The zero-order chi connectivity index (χ0) is 22.1. The summed E-state index contributed by atoms with van der Waals surface area (Å²) in [6, 6.07) is 0. The Balaban J connectivity index is 2.07.